The molecule has 23 heavy (non-hydrogen) atoms. The zero-order chi connectivity index (χ0) is 17.8. The summed E-state index contributed by atoms with van der Waals surface area (Å²) in [6.07, 6.45) is 0.140. The summed E-state index contributed by atoms with van der Waals surface area (Å²) in [5.74, 6) is -1.28. The lowest BCUT2D eigenvalue weighted by Gasteiger charge is -2.16. The summed E-state index contributed by atoms with van der Waals surface area (Å²) in [4.78, 5) is 10.9. The first-order valence-electron chi connectivity index (χ1n) is 6.78. The number of carbonyl (C=O) groups is 1. The van der Waals surface area contributed by atoms with Crippen LogP contribution in [0, 0.1) is 5.92 Å². The minimum absolute atomic E-state index is 0.0121. The van der Waals surface area contributed by atoms with E-state index in [0.29, 0.717) is 0 Å². The highest BCUT2D eigenvalue weighted by Crippen LogP contribution is 2.16. The second-order valence-corrected chi connectivity index (χ2v) is 8.92. The summed E-state index contributed by atoms with van der Waals surface area (Å²) in [7, 11) is -6.50. The van der Waals surface area contributed by atoms with E-state index in [1.807, 2.05) is 0 Å². The van der Waals surface area contributed by atoms with Gasteiger partial charge in [-0.15, -0.1) is 0 Å². The van der Waals surface area contributed by atoms with Gasteiger partial charge in [0.05, 0.1) is 9.79 Å². The maximum absolute atomic E-state index is 12.2. The van der Waals surface area contributed by atoms with Crippen LogP contribution in [0.15, 0.2) is 34.1 Å². The molecule has 3 N–H and O–H groups in total. The second kappa shape index (κ2) is 7.39. The van der Waals surface area contributed by atoms with Gasteiger partial charge in [0, 0.05) is 0 Å². The first-order chi connectivity index (χ1) is 10.5. The molecule has 0 spiro atoms. The summed E-state index contributed by atoms with van der Waals surface area (Å²) in [6, 6.07) is 3.25. The van der Waals surface area contributed by atoms with Crippen molar-refractivity contribution in [3.63, 3.8) is 0 Å². The summed E-state index contributed by atoms with van der Waals surface area (Å²) in [5, 5.41) is 9.10. The molecule has 0 aliphatic carbocycles. The van der Waals surface area contributed by atoms with Crippen LogP contribution in [0.4, 0.5) is 0 Å². The lowest BCUT2D eigenvalue weighted by Crippen LogP contribution is -2.41. The number of hydrogen-bond donors (Lipinski definition) is 3. The molecule has 0 heterocycles. The minimum Gasteiger partial charge on any atom is -0.480 e. The van der Waals surface area contributed by atoms with Gasteiger partial charge in [-0.25, -0.2) is 21.6 Å². The largest absolute Gasteiger partial charge is 0.480 e. The van der Waals surface area contributed by atoms with Gasteiger partial charge >= 0.3 is 5.97 Å². The van der Waals surface area contributed by atoms with Gasteiger partial charge < -0.3 is 5.11 Å². The van der Waals surface area contributed by atoms with Gasteiger partial charge in [0.2, 0.25) is 20.0 Å². The molecule has 130 valence electrons. The molecule has 10 heteroatoms. The lowest BCUT2D eigenvalue weighted by molar-refractivity contribution is -0.139. The van der Waals surface area contributed by atoms with Crippen LogP contribution in [0.1, 0.15) is 20.3 Å². The van der Waals surface area contributed by atoms with Crippen LogP contribution in [-0.2, 0) is 24.8 Å². The van der Waals surface area contributed by atoms with E-state index in [4.69, 9.17) is 5.11 Å². The van der Waals surface area contributed by atoms with Gasteiger partial charge in [0.15, 0.2) is 0 Å². The van der Waals surface area contributed by atoms with Crippen LogP contribution in [0.2, 0.25) is 0 Å². The second-order valence-electron chi connectivity index (χ2n) is 5.32. The fourth-order valence-electron chi connectivity index (χ4n) is 1.84. The predicted molar refractivity (Wildman–Crippen MR) is 83.9 cm³/mol. The quantitative estimate of drug-likeness (QED) is 0.611. The van der Waals surface area contributed by atoms with Crippen molar-refractivity contribution in [3.05, 3.63) is 24.3 Å². The van der Waals surface area contributed by atoms with E-state index in [1.165, 1.54) is 7.05 Å². The Morgan fingerprint density at radius 3 is 1.83 bits per heavy atom. The Labute approximate surface area is 136 Å². The van der Waals surface area contributed by atoms with Gasteiger partial charge in [-0.1, -0.05) is 13.8 Å². The molecule has 8 nitrogen and oxygen atoms in total. The highest BCUT2D eigenvalue weighted by Gasteiger charge is 2.26. The van der Waals surface area contributed by atoms with Crippen molar-refractivity contribution in [1.82, 2.24) is 9.44 Å². The number of aliphatic carboxylic acids is 1. The number of sulfonamides is 2. The molecule has 0 radical (unpaired) electrons. The highest BCUT2D eigenvalue weighted by molar-refractivity contribution is 7.90. The van der Waals surface area contributed by atoms with Gasteiger partial charge in [-0.05, 0) is 43.7 Å². The van der Waals surface area contributed by atoms with E-state index in [0.717, 1.165) is 24.3 Å². The Balaban J connectivity index is 3.07. The molecule has 1 aromatic rings. The van der Waals surface area contributed by atoms with E-state index in [-0.39, 0.29) is 22.1 Å². The summed E-state index contributed by atoms with van der Waals surface area (Å²) < 4.78 is 51.9. The molecule has 0 saturated heterocycles. The Kier molecular flexibility index (Phi) is 6.28. The molecule has 0 aliphatic heterocycles. The van der Waals surface area contributed by atoms with E-state index in [2.05, 4.69) is 9.44 Å². The third kappa shape index (κ3) is 5.27. The van der Waals surface area contributed by atoms with Gasteiger partial charge in [0.25, 0.3) is 0 Å². The SMILES string of the molecule is CNS(=O)(=O)c1ccc(S(=O)(=O)NC(CC(C)C)C(=O)O)cc1. The van der Waals surface area contributed by atoms with Gasteiger partial charge in [0.1, 0.15) is 6.04 Å². The number of carboxylic acids is 1. The minimum atomic E-state index is -4.07. The van der Waals surface area contributed by atoms with Crippen molar-refractivity contribution in [3.8, 4) is 0 Å². The summed E-state index contributed by atoms with van der Waals surface area (Å²) in [6.45, 7) is 3.56. The molecule has 0 bridgehead atoms. The molecule has 1 aromatic carbocycles. The van der Waals surface area contributed by atoms with Gasteiger partial charge in [-0.2, -0.15) is 4.72 Å². The van der Waals surface area contributed by atoms with Crippen LogP contribution in [-0.4, -0.2) is 41.0 Å². The Hall–Kier alpha value is -1.49. The number of benzene rings is 1. The Bertz CT molecular complexity index is 754. The first kappa shape index (κ1) is 19.6. The predicted octanol–water partition coefficient (Wildman–Crippen LogP) is 0.372. The average molecular weight is 364 g/mol. The van der Waals surface area contributed by atoms with Crippen LogP contribution < -0.4 is 9.44 Å². The summed E-state index contributed by atoms with van der Waals surface area (Å²) in [5.41, 5.74) is 0. The molecule has 1 rings (SSSR count). The zero-order valence-corrected chi connectivity index (χ0v) is 14.6. The fraction of sp³-hybridized carbons (Fsp3) is 0.462. The standard InChI is InChI=1S/C13H20N2O6S2/c1-9(2)8-12(13(16)17)15-23(20,21)11-6-4-10(5-7-11)22(18,19)14-3/h4-7,9,12,14-15H,8H2,1-3H3,(H,16,17). The fourth-order valence-corrected chi connectivity index (χ4v) is 3.77. The van der Waals surface area contributed by atoms with Crippen LogP contribution in [0.5, 0.6) is 0 Å². The van der Waals surface area contributed by atoms with Crippen LogP contribution in [0.3, 0.4) is 0 Å². The number of carboxylic acid groups (broad SMARTS) is 1. The third-order valence-electron chi connectivity index (χ3n) is 3.02. The van der Waals surface area contributed by atoms with Crippen molar-refractivity contribution >= 4 is 26.0 Å². The van der Waals surface area contributed by atoms with Crippen LogP contribution >= 0.6 is 0 Å². The Morgan fingerprint density at radius 2 is 1.48 bits per heavy atom. The monoisotopic (exact) mass is 364 g/mol. The first-order valence-corrected chi connectivity index (χ1v) is 9.75. The van der Waals surface area contributed by atoms with E-state index in [9.17, 15) is 21.6 Å². The molecule has 0 aliphatic rings. The topological polar surface area (TPSA) is 130 Å². The van der Waals surface area contributed by atoms with Crippen molar-refractivity contribution in [2.24, 2.45) is 5.92 Å². The molecule has 1 atom stereocenters. The molecular formula is C13H20N2O6S2. The van der Waals surface area contributed by atoms with Gasteiger partial charge in [-0.3, -0.25) is 4.79 Å². The van der Waals surface area contributed by atoms with Crippen LogP contribution in [0.25, 0.3) is 0 Å². The molecule has 0 aromatic heterocycles. The maximum atomic E-state index is 12.2. The highest BCUT2D eigenvalue weighted by atomic mass is 32.2. The summed E-state index contributed by atoms with van der Waals surface area (Å²) >= 11 is 0. The van der Waals surface area contributed by atoms with Crippen molar-refractivity contribution in [2.45, 2.75) is 36.1 Å². The van der Waals surface area contributed by atoms with E-state index in [1.54, 1.807) is 13.8 Å². The molecular weight excluding hydrogens is 344 g/mol. The molecule has 0 saturated carbocycles. The normalized spacial score (nSPS) is 13.9. The van der Waals surface area contributed by atoms with Crippen molar-refractivity contribution in [2.75, 3.05) is 7.05 Å². The Morgan fingerprint density at radius 1 is 1.04 bits per heavy atom. The lowest BCUT2D eigenvalue weighted by atomic mass is 10.1. The van der Waals surface area contributed by atoms with Crippen molar-refractivity contribution in [1.29, 1.82) is 0 Å². The molecule has 0 fully saturated rings. The molecule has 1 unspecified atom stereocenters. The number of rotatable bonds is 8. The molecule has 0 amide bonds. The third-order valence-corrected chi connectivity index (χ3v) is 5.93. The number of hydrogen-bond acceptors (Lipinski definition) is 5. The smallest absolute Gasteiger partial charge is 0.321 e. The average Bonchev–Trinajstić information content (AvgIpc) is 2.46. The van der Waals surface area contributed by atoms with E-state index >= 15 is 0 Å². The van der Waals surface area contributed by atoms with E-state index < -0.39 is 32.1 Å². The van der Waals surface area contributed by atoms with Crippen molar-refractivity contribution < 1.29 is 26.7 Å². The maximum Gasteiger partial charge on any atom is 0.321 e. The number of nitrogens with one attached hydrogen (secondary N) is 2. The zero-order valence-electron chi connectivity index (χ0n) is 13.0.